The standard InChI is InChI=1S/C19H23N5O/c1-13-18-17(23(2)22-13)12-21-24(18)10-6-9-20-19(25)16-11-15(16)14-7-4-3-5-8-14/h3-5,7-8,12,15-16H,6,9-11H2,1-2H3,(H,20,25)/t15-,16+/m1/s1. The number of fused-ring (bicyclic) bond motifs is 1. The van der Waals surface area contributed by atoms with E-state index in [-0.39, 0.29) is 11.8 Å². The molecule has 0 saturated heterocycles. The van der Waals surface area contributed by atoms with Crippen molar-refractivity contribution in [2.45, 2.75) is 32.2 Å². The molecule has 1 aromatic carbocycles. The highest BCUT2D eigenvalue weighted by molar-refractivity contribution is 5.82. The Balaban J connectivity index is 1.26. The molecule has 1 N–H and O–H groups in total. The Bertz CT molecular complexity index is 895. The molecule has 6 nitrogen and oxygen atoms in total. The van der Waals surface area contributed by atoms with Gasteiger partial charge in [-0.15, -0.1) is 0 Å². The van der Waals surface area contributed by atoms with Crippen LogP contribution in [0.25, 0.3) is 11.0 Å². The topological polar surface area (TPSA) is 64.7 Å². The number of aryl methyl sites for hydroxylation is 3. The molecule has 25 heavy (non-hydrogen) atoms. The summed E-state index contributed by atoms with van der Waals surface area (Å²) in [5.41, 5.74) is 4.39. The predicted octanol–water partition coefficient (Wildman–Crippen LogP) is 2.39. The van der Waals surface area contributed by atoms with Crippen LogP contribution in [0.4, 0.5) is 0 Å². The fourth-order valence-electron chi connectivity index (χ4n) is 3.61. The Labute approximate surface area is 146 Å². The second kappa shape index (κ2) is 6.35. The van der Waals surface area contributed by atoms with E-state index in [1.54, 1.807) is 0 Å². The first-order valence-corrected chi connectivity index (χ1v) is 8.83. The lowest BCUT2D eigenvalue weighted by molar-refractivity contribution is -0.122. The number of hydrogen-bond donors (Lipinski definition) is 1. The van der Waals surface area contributed by atoms with Crippen molar-refractivity contribution in [3.8, 4) is 0 Å². The van der Waals surface area contributed by atoms with Crippen molar-refractivity contribution in [3.63, 3.8) is 0 Å². The van der Waals surface area contributed by atoms with E-state index in [1.807, 2.05) is 47.7 Å². The van der Waals surface area contributed by atoms with Gasteiger partial charge in [-0.05, 0) is 31.2 Å². The molecule has 4 rings (SSSR count). The van der Waals surface area contributed by atoms with Gasteiger partial charge in [0.2, 0.25) is 5.91 Å². The molecule has 6 heteroatoms. The number of benzene rings is 1. The molecule has 2 heterocycles. The maximum absolute atomic E-state index is 12.3. The molecule has 0 bridgehead atoms. The Morgan fingerprint density at radius 2 is 2.12 bits per heavy atom. The van der Waals surface area contributed by atoms with Crippen LogP contribution in [0.1, 0.15) is 30.0 Å². The van der Waals surface area contributed by atoms with Crippen molar-refractivity contribution in [3.05, 3.63) is 47.8 Å². The summed E-state index contributed by atoms with van der Waals surface area (Å²) < 4.78 is 3.83. The van der Waals surface area contributed by atoms with Crippen LogP contribution in [-0.2, 0) is 18.4 Å². The maximum atomic E-state index is 12.3. The van der Waals surface area contributed by atoms with E-state index < -0.39 is 0 Å². The van der Waals surface area contributed by atoms with E-state index in [0.717, 1.165) is 36.1 Å². The largest absolute Gasteiger partial charge is 0.356 e. The van der Waals surface area contributed by atoms with Crippen molar-refractivity contribution < 1.29 is 4.79 Å². The normalized spacial score (nSPS) is 19.3. The molecule has 0 aliphatic heterocycles. The first-order valence-electron chi connectivity index (χ1n) is 8.83. The highest BCUT2D eigenvalue weighted by Crippen LogP contribution is 2.47. The minimum atomic E-state index is 0.138. The van der Waals surface area contributed by atoms with E-state index in [0.29, 0.717) is 12.5 Å². The van der Waals surface area contributed by atoms with E-state index in [1.165, 1.54) is 5.56 Å². The fourth-order valence-corrected chi connectivity index (χ4v) is 3.61. The summed E-state index contributed by atoms with van der Waals surface area (Å²) in [6.07, 6.45) is 3.67. The van der Waals surface area contributed by atoms with E-state index in [2.05, 4.69) is 27.6 Å². The molecule has 2 aromatic heterocycles. The average molecular weight is 337 g/mol. The average Bonchev–Trinajstić information content (AvgIpc) is 3.23. The Morgan fingerprint density at radius 1 is 1.32 bits per heavy atom. The van der Waals surface area contributed by atoms with Crippen LogP contribution in [-0.4, -0.2) is 32.0 Å². The Hall–Kier alpha value is -2.63. The summed E-state index contributed by atoms with van der Waals surface area (Å²) in [4.78, 5) is 12.3. The van der Waals surface area contributed by atoms with Crippen molar-refractivity contribution >= 4 is 16.9 Å². The quantitative estimate of drug-likeness (QED) is 0.703. The molecular formula is C19H23N5O. The Kier molecular flexibility index (Phi) is 4.03. The van der Waals surface area contributed by atoms with Gasteiger partial charge in [-0.2, -0.15) is 10.2 Å². The van der Waals surface area contributed by atoms with Gasteiger partial charge < -0.3 is 5.32 Å². The van der Waals surface area contributed by atoms with Gasteiger partial charge in [0.15, 0.2) is 0 Å². The third kappa shape index (κ3) is 3.04. The predicted molar refractivity (Wildman–Crippen MR) is 96.2 cm³/mol. The van der Waals surface area contributed by atoms with Gasteiger partial charge in [0.25, 0.3) is 0 Å². The number of carbonyl (C=O) groups excluding carboxylic acids is 1. The van der Waals surface area contributed by atoms with Gasteiger partial charge in [0, 0.05) is 26.1 Å². The number of nitrogens with one attached hydrogen (secondary N) is 1. The Morgan fingerprint density at radius 3 is 2.92 bits per heavy atom. The third-order valence-corrected chi connectivity index (χ3v) is 5.01. The summed E-state index contributed by atoms with van der Waals surface area (Å²) >= 11 is 0. The SMILES string of the molecule is Cc1nn(C)c2cnn(CCCNC(=O)[C@H]3C[C@@H]3c3ccccc3)c12. The zero-order valence-corrected chi connectivity index (χ0v) is 14.6. The zero-order chi connectivity index (χ0) is 17.4. The summed E-state index contributed by atoms with van der Waals surface area (Å²) in [5.74, 6) is 0.710. The van der Waals surface area contributed by atoms with Gasteiger partial charge in [-0.25, -0.2) is 0 Å². The van der Waals surface area contributed by atoms with Gasteiger partial charge in [-0.1, -0.05) is 30.3 Å². The van der Waals surface area contributed by atoms with Crippen LogP contribution < -0.4 is 5.32 Å². The molecule has 2 atom stereocenters. The van der Waals surface area contributed by atoms with Crippen LogP contribution in [0.3, 0.4) is 0 Å². The molecule has 0 radical (unpaired) electrons. The van der Waals surface area contributed by atoms with Gasteiger partial charge in [0.05, 0.1) is 11.9 Å². The van der Waals surface area contributed by atoms with Crippen molar-refractivity contribution in [2.75, 3.05) is 6.54 Å². The number of nitrogens with zero attached hydrogens (tertiary/aromatic N) is 4. The van der Waals surface area contributed by atoms with Crippen LogP contribution in [0.5, 0.6) is 0 Å². The summed E-state index contributed by atoms with van der Waals surface area (Å²) in [6.45, 7) is 3.46. The van der Waals surface area contributed by atoms with Gasteiger partial charge >= 0.3 is 0 Å². The number of hydrogen-bond acceptors (Lipinski definition) is 3. The lowest BCUT2D eigenvalue weighted by Crippen LogP contribution is -2.27. The monoisotopic (exact) mass is 337 g/mol. The van der Waals surface area contributed by atoms with Crippen molar-refractivity contribution in [1.29, 1.82) is 0 Å². The van der Waals surface area contributed by atoms with E-state index >= 15 is 0 Å². The number of rotatable bonds is 6. The minimum absolute atomic E-state index is 0.138. The highest BCUT2D eigenvalue weighted by Gasteiger charge is 2.43. The van der Waals surface area contributed by atoms with Crippen LogP contribution in [0, 0.1) is 12.8 Å². The number of carbonyl (C=O) groups is 1. The molecule has 1 aliphatic rings. The molecule has 1 amide bonds. The second-order valence-corrected chi connectivity index (χ2v) is 6.81. The van der Waals surface area contributed by atoms with Crippen molar-refractivity contribution in [2.24, 2.45) is 13.0 Å². The van der Waals surface area contributed by atoms with Crippen LogP contribution in [0.15, 0.2) is 36.5 Å². The minimum Gasteiger partial charge on any atom is -0.356 e. The lowest BCUT2D eigenvalue weighted by Gasteiger charge is -2.06. The molecule has 130 valence electrons. The molecule has 1 saturated carbocycles. The first-order chi connectivity index (χ1) is 12.1. The first kappa shape index (κ1) is 15.9. The summed E-state index contributed by atoms with van der Waals surface area (Å²) in [6, 6.07) is 10.3. The lowest BCUT2D eigenvalue weighted by atomic mass is 10.1. The summed E-state index contributed by atoms with van der Waals surface area (Å²) in [7, 11) is 1.93. The van der Waals surface area contributed by atoms with E-state index in [9.17, 15) is 4.79 Å². The maximum Gasteiger partial charge on any atom is 0.223 e. The van der Waals surface area contributed by atoms with Crippen LogP contribution >= 0.6 is 0 Å². The molecule has 0 unspecified atom stereocenters. The smallest absolute Gasteiger partial charge is 0.223 e. The van der Waals surface area contributed by atoms with Crippen molar-refractivity contribution in [1.82, 2.24) is 24.9 Å². The zero-order valence-electron chi connectivity index (χ0n) is 14.6. The van der Waals surface area contributed by atoms with Crippen LogP contribution in [0.2, 0.25) is 0 Å². The van der Waals surface area contributed by atoms with Gasteiger partial charge in [-0.3, -0.25) is 14.2 Å². The number of amides is 1. The summed E-state index contributed by atoms with van der Waals surface area (Å²) in [5, 5.41) is 11.9. The number of aromatic nitrogens is 4. The molecular weight excluding hydrogens is 314 g/mol. The molecule has 3 aromatic rings. The second-order valence-electron chi connectivity index (χ2n) is 6.81. The molecule has 0 spiro atoms. The van der Waals surface area contributed by atoms with E-state index in [4.69, 9.17) is 0 Å². The highest BCUT2D eigenvalue weighted by atomic mass is 16.2. The fraction of sp³-hybridized carbons (Fsp3) is 0.421. The van der Waals surface area contributed by atoms with Gasteiger partial charge in [0.1, 0.15) is 11.0 Å². The third-order valence-electron chi connectivity index (χ3n) is 5.01. The molecule has 1 fully saturated rings. The molecule has 1 aliphatic carbocycles.